The Hall–Kier alpha value is -1.71. The van der Waals surface area contributed by atoms with Gasteiger partial charge in [-0.05, 0) is 23.6 Å². The minimum Gasteiger partial charge on any atom is -0.508 e. The second kappa shape index (κ2) is 6.89. The van der Waals surface area contributed by atoms with E-state index in [1.807, 2.05) is 6.07 Å². The molecule has 102 valence electrons. The van der Waals surface area contributed by atoms with Crippen LogP contribution in [0.3, 0.4) is 0 Å². The van der Waals surface area contributed by atoms with Gasteiger partial charge in [-0.25, -0.2) is 0 Å². The number of benzene rings is 1. The predicted molar refractivity (Wildman–Crippen MR) is 71.3 cm³/mol. The third kappa shape index (κ3) is 5.57. The van der Waals surface area contributed by atoms with Gasteiger partial charge < -0.3 is 14.9 Å². The van der Waals surface area contributed by atoms with E-state index in [0.29, 0.717) is 5.75 Å². The van der Waals surface area contributed by atoms with Crippen molar-refractivity contribution in [2.45, 2.75) is 39.5 Å². The Labute approximate surface area is 108 Å². The Balaban J connectivity index is 0.000000494. The molecule has 0 unspecified atom stereocenters. The minimum atomic E-state index is -0.745. The van der Waals surface area contributed by atoms with Crippen LogP contribution >= 0.6 is 0 Å². The maximum atomic E-state index is 9.61. The van der Waals surface area contributed by atoms with Gasteiger partial charge in [-0.15, -0.1) is 0 Å². The molecule has 4 heteroatoms. The molecule has 0 atom stereocenters. The zero-order valence-electron chi connectivity index (χ0n) is 11.7. The molecule has 1 aromatic carbocycles. The molecule has 0 saturated carbocycles. The molecule has 0 aliphatic rings. The summed E-state index contributed by atoms with van der Waals surface area (Å²) in [5.41, 5.74) is 0.852. The molecule has 0 spiro atoms. The second-order valence-corrected chi connectivity index (χ2v) is 4.88. The first kappa shape index (κ1) is 16.3. The van der Waals surface area contributed by atoms with E-state index in [9.17, 15) is 9.90 Å². The van der Waals surface area contributed by atoms with Crippen molar-refractivity contribution in [2.75, 3.05) is 7.11 Å². The summed E-state index contributed by atoms with van der Waals surface area (Å²) in [4.78, 5) is 9.37. The van der Waals surface area contributed by atoms with Gasteiger partial charge in [0.1, 0.15) is 11.5 Å². The van der Waals surface area contributed by atoms with Crippen molar-refractivity contribution < 1.29 is 19.7 Å². The molecule has 2 N–H and O–H groups in total. The van der Waals surface area contributed by atoms with E-state index < -0.39 is 5.97 Å². The number of carboxylic acid groups (broad SMARTS) is 1. The Morgan fingerprint density at radius 1 is 1.33 bits per heavy atom. The van der Waals surface area contributed by atoms with Crippen LogP contribution in [0.1, 0.15) is 39.7 Å². The molecule has 0 fully saturated rings. The summed E-state index contributed by atoms with van der Waals surface area (Å²) in [6.07, 6.45) is 0.222. The van der Waals surface area contributed by atoms with Gasteiger partial charge in [-0.1, -0.05) is 27.7 Å². The molecule has 0 bridgehead atoms. The topological polar surface area (TPSA) is 66.8 Å². The van der Waals surface area contributed by atoms with Crippen molar-refractivity contribution in [3.05, 3.63) is 23.8 Å². The van der Waals surface area contributed by atoms with Crippen molar-refractivity contribution in [3.8, 4) is 11.5 Å². The van der Waals surface area contributed by atoms with E-state index in [-0.39, 0.29) is 11.8 Å². The maximum absolute atomic E-state index is 9.61. The maximum Gasteiger partial charge on any atom is 0.303 e. The molecular formula is C14H22O4. The lowest BCUT2D eigenvalue weighted by atomic mass is 9.86. The van der Waals surface area contributed by atoms with Gasteiger partial charge in [-0.2, -0.15) is 0 Å². The van der Waals surface area contributed by atoms with E-state index in [1.165, 1.54) is 0 Å². The standard InChI is InChI=1S/C11H16O2.C3H6O2/c1-11(2,3)9-7-8(13-4)5-6-10(9)12;1-2-3(4)5/h5-7,12H,1-4H3;2H2,1H3,(H,4,5). The van der Waals surface area contributed by atoms with E-state index in [4.69, 9.17) is 9.84 Å². The fourth-order valence-electron chi connectivity index (χ4n) is 1.24. The number of aromatic hydroxyl groups is 1. The number of hydrogen-bond acceptors (Lipinski definition) is 3. The first-order chi connectivity index (χ1) is 8.22. The molecule has 0 amide bonds. The fraction of sp³-hybridized carbons (Fsp3) is 0.500. The number of carboxylic acids is 1. The SMILES string of the molecule is CCC(=O)O.COc1ccc(O)c(C(C)(C)C)c1. The molecule has 0 radical (unpaired) electrons. The van der Waals surface area contributed by atoms with Gasteiger partial charge in [-0.3, -0.25) is 4.79 Å². The Morgan fingerprint density at radius 2 is 1.83 bits per heavy atom. The molecule has 0 heterocycles. The van der Waals surface area contributed by atoms with Gasteiger partial charge in [0.15, 0.2) is 0 Å². The summed E-state index contributed by atoms with van der Waals surface area (Å²) in [5, 5.41) is 17.3. The summed E-state index contributed by atoms with van der Waals surface area (Å²) < 4.78 is 5.09. The molecule has 0 aliphatic carbocycles. The molecule has 1 aromatic rings. The first-order valence-corrected chi connectivity index (χ1v) is 5.81. The highest BCUT2D eigenvalue weighted by Gasteiger charge is 2.18. The highest BCUT2D eigenvalue weighted by Crippen LogP contribution is 2.33. The zero-order chi connectivity index (χ0) is 14.3. The van der Waals surface area contributed by atoms with Crippen LogP contribution in [0, 0.1) is 0 Å². The van der Waals surface area contributed by atoms with Crippen LogP contribution in [0.15, 0.2) is 18.2 Å². The third-order valence-electron chi connectivity index (χ3n) is 2.31. The van der Waals surface area contributed by atoms with Crippen molar-refractivity contribution in [3.63, 3.8) is 0 Å². The number of phenols is 1. The molecule has 0 saturated heterocycles. The van der Waals surface area contributed by atoms with Crippen LogP contribution in [-0.4, -0.2) is 23.3 Å². The van der Waals surface area contributed by atoms with E-state index in [0.717, 1.165) is 11.3 Å². The van der Waals surface area contributed by atoms with Gasteiger partial charge in [0.2, 0.25) is 0 Å². The van der Waals surface area contributed by atoms with Crippen molar-refractivity contribution >= 4 is 5.97 Å². The highest BCUT2D eigenvalue weighted by molar-refractivity contribution is 5.66. The molecular weight excluding hydrogens is 232 g/mol. The minimum absolute atomic E-state index is 0.0569. The van der Waals surface area contributed by atoms with Crippen LogP contribution in [0.5, 0.6) is 11.5 Å². The summed E-state index contributed by atoms with van der Waals surface area (Å²) in [7, 11) is 1.62. The summed E-state index contributed by atoms with van der Waals surface area (Å²) in [6.45, 7) is 7.77. The van der Waals surface area contributed by atoms with Gasteiger partial charge in [0, 0.05) is 12.0 Å². The number of hydrogen-bond donors (Lipinski definition) is 2. The summed E-state index contributed by atoms with van der Waals surface area (Å²) in [6, 6.07) is 5.29. The lowest BCUT2D eigenvalue weighted by Gasteiger charge is -2.20. The number of methoxy groups -OCH3 is 1. The average molecular weight is 254 g/mol. The smallest absolute Gasteiger partial charge is 0.303 e. The van der Waals surface area contributed by atoms with Crippen molar-refractivity contribution in [2.24, 2.45) is 0 Å². The first-order valence-electron chi connectivity index (χ1n) is 5.81. The lowest BCUT2D eigenvalue weighted by Crippen LogP contribution is -2.11. The van der Waals surface area contributed by atoms with E-state index in [2.05, 4.69) is 20.8 Å². The Kier molecular flexibility index (Phi) is 6.23. The number of rotatable bonds is 2. The average Bonchev–Trinajstić information content (AvgIpc) is 2.29. The van der Waals surface area contributed by atoms with Crippen LogP contribution in [0.4, 0.5) is 0 Å². The van der Waals surface area contributed by atoms with Crippen molar-refractivity contribution in [1.29, 1.82) is 0 Å². The third-order valence-corrected chi connectivity index (χ3v) is 2.31. The number of phenolic OH excluding ortho intramolecular Hbond substituents is 1. The number of aliphatic carboxylic acids is 1. The predicted octanol–water partition coefficient (Wildman–Crippen LogP) is 3.18. The molecule has 4 nitrogen and oxygen atoms in total. The van der Waals surface area contributed by atoms with Crippen LogP contribution in [-0.2, 0) is 10.2 Å². The van der Waals surface area contributed by atoms with Gasteiger partial charge >= 0.3 is 5.97 Å². The van der Waals surface area contributed by atoms with Gasteiger partial charge in [0.05, 0.1) is 7.11 Å². The molecule has 18 heavy (non-hydrogen) atoms. The molecule has 0 aliphatic heterocycles. The van der Waals surface area contributed by atoms with Crippen molar-refractivity contribution in [1.82, 2.24) is 0 Å². The fourth-order valence-corrected chi connectivity index (χ4v) is 1.24. The second-order valence-electron chi connectivity index (χ2n) is 4.88. The monoisotopic (exact) mass is 254 g/mol. The highest BCUT2D eigenvalue weighted by atomic mass is 16.5. The van der Waals surface area contributed by atoms with E-state index >= 15 is 0 Å². The van der Waals surface area contributed by atoms with Gasteiger partial charge in [0.25, 0.3) is 0 Å². The van der Waals surface area contributed by atoms with Crippen LogP contribution in [0.25, 0.3) is 0 Å². The zero-order valence-corrected chi connectivity index (χ0v) is 11.7. The Bertz CT molecular complexity index is 391. The normalized spacial score (nSPS) is 10.3. The number of carbonyl (C=O) groups is 1. The van der Waals surface area contributed by atoms with Crippen LogP contribution in [0.2, 0.25) is 0 Å². The molecule has 1 rings (SSSR count). The lowest BCUT2D eigenvalue weighted by molar-refractivity contribution is -0.136. The van der Waals surface area contributed by atoms with E-state index in [1.54, 1.807) is 26.2 Å². The molecule has 0 aromatic heterocycles. The summed E-state index contributed by atoms with van der Waals surface area (Å²) >= 11 is 0. The van der Waals surface area contributed by atoms with Crippen LogP contribution < -0.4 is 4.74 Å². The largest absolute Gasteiger partial charge is 0.508 e. The quantitative estimate of drug-likeness (QED) is 0.850. The number of ether oxygens (including phenoxy) is 1. The Morgan fingerprint density at radius 3 is 2.17 bits per heavy atom. The summed E-state index contributed by atoms with van der Waals surface area (Å²) in [5.74, 6) is 0.362.